The standard InChI is InChI=1S/C13H18F2.4CH4/c1-3-5-7-11-9-8-10(6-4-2)12(14)13(11)15;;;;/h8-9H,3-7H2,1-2H3;4*1H4. The van der Waals surface area contributed by atoms with E-state index in [4.69, 9.17) is 0 Å². The van der Waals surface area contributed by atoms with Gasteiger partial charge in [-0.3, -0.25) is 0 Å². The van der Waals surface area contributed by atoms with Crippen LogP contribution in [0.4, 0.5) is 8.78 Å². The Bertz CT molecular complexity index is 319. The van der Waals surface area contributed by atoms with Gasteiger partial charge in [0.1, 0.15) is 0 Å². The van der Waals surface area contributed by atoms with E-state index in [0.29, 0.717) is 24.0 Å². The number of rotatable bonds is 5. The number of hydrogen-bond donors (Lipinski definition) is 0. The number of aryl methyl sites for hydroxylation is 2. The van der Waals surface area contributed by atoms with Gasteiger partial charge in [-0.25, -0.2) is 8.78 Å². The molecule has 1 rings (SSSR count). The third-order valence-electron chi connectivity index (χ3n) is 2.56. The van der Waals surface area contributed by atoms with E-state index in [9.17, 15) is 8.78 Å². The van der Waals surface area contributed by atoms with Gasteiger partial charge in [-0.2, -0.15) is 0 Å². The highest BCUT2D eigenvalue weighted by molar-refractivity contribution is 5.26. The predicted octanol–water partition coefficient (Wildman–Crippen LogP) is 6.80. The summed E-state index contributed by atoms with van der Waals surface area (Å²) in [5.41, 5.74) is 1.00. The fourth-order valence-electron chi connectivity index (χ4n) is 1.65. The van der Waals surface area contributed by atoms with Gasteiger partial charge < -0.3 is 0 Å². The van der Waals surface area contributed by atoms with Crippen molar-refractivity contribution in [1.29, 1.82) is 0 Å². The van der Waals surface area contributed by atoms with Crippen LogP contribution >= 0.6 is 0 Å². The van der Waals surface area contributed by atoms with E-state index >= 15 is 0 Å². The molecular weight excluding hydrogens is 242 g/mol. The Kier molecular flexibility index (Phi) is 18.9. The Morgan fingerprint density at radius 3 is 1.53 bits per heavy atom. The lowest BCUT2D eigenvalue weighted by atomic mass is 10.0. The van der Waals surface area contributed by atoms with Crippen molar-refractivity contribution in [3.8, 4) is 0 Å². The molecule has 0 aliphatic carbocycles. The van der Waals surface area contributed by atoms with Gasteiger partial charge in [-0.1, -0.05) is 68.5 Å². The average molecular weight is 276 g/mol. The highest BCUT2D eigenvalue weighted by Gasteiger charge is 2.11. The van der Waals surface area contributed by atoms with E-state index in [1.807, 2.05) is 13.8 Å². The topological polar surface area (TPSA) is 0 Å². The van der Waals surface area contributed by atoms with Crippen LogP contribution in [0.3, 0.4) is 0 Å². The van der Waals surface area contributed by atoms with Crippen LogP contribution in [0.15, 0.2) is 12.1 Å². The van der Waals surface area contributed by atoms with Gasteiger partial charge in [0.15, 0.2) is 11.6 Å². The molecule has 19 heavy (non-hydrogen) atoms. The monoisotopic (exact) mass is 276 g/mol. The van der Waals surface area contributed by atoms with Gasteiger partial charge >= 0.3 is 0 Å². The van der Waals surface area contributed by atoms with E-state index in [1.54, 1.807) is 12.1 Å². The van der Waals surface area contributed by atoms with Gasteiger partial charge in [0, 0.05) is 0 Å². The maximum atomic E-state index is 13.5. The molecule has 1 aromatic rings. The van der Waals surface area contributed by atoms with Crippen LogP contribution in [0.2, 0.25) is 0 Å². The molecule has 0 amide bonds. The number of unbranched alkanes of at least 4 members (excludes halogenated alkanes) is 1. The molecule has 0 nitrogen and oxygen atoms in total. The molecule has 0 aliphatic rings. The summed E-state index contributed by atoms with van der Waals surface area (Å²) >= 11 is 0. The van der Waals surface area contributed by atoms with Crippen molar-refractivity contribution in [1.82, 2.24) is 0 Å². The summed E-state index contributed by atoms with van der Waals surface area (Å²) in [5, 5.41) is 0. The van der Waals surface area contributed by atoms with Crippen molar-refractivity contribution in [2.75, 3.05) is 0 Å². The van der Waals surface area contributed by atoms with Crippen molar-refractivity contribution in [3.63, 3.8) is 0 Å². The molecule has 0 fully saturated rings. The summed E-state index contributed by atoms with van der Waals surface area (Å²) in [6, 6.07) is 3.44. The first-order valence-corrected chi connectivity index (χ1v) is 5.66. The molecule has 0 radical (unpaired) electrons. The summed E-state index contributed by atoms with van der Waals surface area (Å²) in [6.45, 7) is 4.00. The van der Waals surface area contributed by atoms with Gasteiger partial charge in [-0.05, 0) is 30.4 Å². The lowest BCUT2D eigenvalue weighted by Crippen LogP contribution is -1.99. The Labute approximate surface area is 120 Å². The van der Waals surface area contributed by atoms with Crippen molar-refractivity contribution in [2.24, 2.45) is 0 Å². The van der Waals surface area contributed by atoms with Gasteiger partial charge in [0.2, 0.25) is 0 Å². The van der Waals surface area contributed by atoms with Crippen molar-refractivity contribution in [2.45, 2.75) is 75.7 Å². The summed E-state index contributed by atoms with van der Waals surface area (Å²) in [4.78, 5) is 0. The van der Waals surface area contributed by atoms with E-state index in [2.05, 4.69) is 0 Å². The van der Waals surface area contributed by atoms with Crippen molar-refractivity contribution in [3.05, 3.63) is 34.9 Å². The predicted molar refractivity (Wildman–Crippen MR) is 85.9 cm³/mol. The van der Waals surface area contributed by atoms with Crippen molar-refractivity contribution < 1.29 is 8.78 Å². The molecular formula is C17H34F2. The third-order valence-corrected chi connectivity index (χ3v) is 2.56. The second kappa shape index (κ2) is 13.5. The summed E-state index contributed by atoms with van der Waals surface area (Å²) in [5.74, 6) is -1.29. The molecule has 0 bridgehead atoms. The van der Waals surface area contributed by atoms with Crippen molar-refractivity contribution >= 4 is 0 Å². The molecule has 0 unspecified atom stereocenters. The van der Waals surface area contributed by atoms with Crippen LogP contribution in [-0.4, -0.2) is 0 Å². The Hall–Kier alpha value is -0.920. The van der Waals surface area contributed by atoms with E-state index in [0.717, 1.165) is 19.3 Å². The molecule has 0 aliphatic heterocycles. The maximum absolute atomic E-state index is 13.5. The SMILES string of the molecule is C.C.C.C.CCCCc1ccc(CCC)c(F)c1F. The molecule has 0 N–H and O–H groups in total. The van der Waals surface area contributed by atoms with Crippen LogP contribution in [0.25, 0.3) is 0 Å². The average Bonchev–Trinajstić information content (AvgIpc) is 2.24. The first kappa shape index (κ1) is 26.6. The van der Waals surface area contributed by atoms with Gasteiger partial charge in [0.25, 0.3) is 0 Å². The summed E-state index contributed by atoms with van der Waals surface area (Å²) in [6.07, 6.45) is 3.98. The Balaban J connectivity index is -0.000000281. The third kappa shape index (κ3) is 7.29. The minimum Gasteiger partial charge on any atom is -0.203 e. The van der Waals surface area contributed by atoms with Gasteiger partial charge in [-0.15, -0.1) is 0 Å². The first-order valence-electron chi connectivity index (χ1n) is 5.66. The maximum Gasteiger partial charge on any atom is 0.162 e. The Morgan fingerprint density at radius 1 is 0.737 bits per heavy atom. The second-order valence-corrected chi connectivity index (χ2v) is 3.87. The molecule has 0 saturated heterocycles. The lowest BCUT2D eigenvalue weighted by Gasteiger charge is -2.07. The fraction of sp³-hybridized carbons (Fsp3) is 0.647. The zero-order chi connectivity index (χ0) is 11.3. The second-order valence-electron chi connectivity index (χ2n) is 3.87. The van der Waals surface area contributed by atoms with E-state index in [-0.39, 0.29) is 29.7 Å². The number of hydrogen-bond acceptors (Lipinski definition) is 0. The zero-order valence-electron chi connectivity index (χ0n) is 9.45. The van der Waals surface area contributed by atoms with Crippen LogP contribution < -0.4 is 0 Å². The minimum absolute atomic E-state index is 0. The summed E-state index contributed by atoms with van der Waals surface area (Å²) in [7, 11) is 0. The Morgan fingerprint density at radius 2 is 1.16 bits per heavy atom. The van der Waals surface area contributed by atoms with Crippen LogP contribution in [0, 0.1) is 11.6 Å². The lowest BCUT2D eigenvalue weighted by molar-refractivity contribution is 0.487. The van der Waals surface area contributed by atoms with E-state index < -0.39 is 11.6 Å². The first-order chi connectivity index (χ1) is 7.20. The fourth-order valence-corrected chi connectivity index (χ4v) is 1.65. The van der Waals surface area contributed by atoms with E-state index in [1.165, 1.54) is 0 Å². The number of halogens is 2. The smallest absolute Gasteiger partial charge is 0.162 e. The molecule has 0 saturated carbocycles. The highest BCUT2D eigenvalue weighted by atomic mass is 19.2. The molecule has 2 heteroatoms. The minimum atomic E-state index is -0.648. The molecule has 0 heterocycles. The zero-order valence-corrected chi connectivity index (χ0v) is 9.45. The van der Waals surface area contributed by atoms with Crippen LogP contribution in [0.5, 0.6) is 0 Å². The molecule has 0 atom stereocenters. The number of benzene rings is 1. The van der Waals surface area contributed by atoms with Crippen LogP contribution in [-0.2, 0) is 12.8 Å². The van der Waals surface area contributed by atoms with Crippen LogP contribution in [0.1, 0.15) is 73.9 Å². The molecule has 0 spiro atoms. The quantitative estimate of drug-likeness (QED) is 0.554. The largest absolute Gasteiger partial charge is 0.203 e. The summed E-state index contributed by atoms with van der Waals surface area (Å²) < 4.78 is 27.0. The molecule has 116 valence electrons. The highest BCUT2D eigenvalue weighted by Crippen LogP contribution is 2.19. The normalized spacial score (nSPS) is 8.42. The molecule has 1 aromatic carbocycles. The molecule has 0 aromatic heterocycles. The van der Waals surface area contributed by atoms with Gasteiger partial charge in [0.05, 0.1) is 0 Å².